The highest BCUT2D eigenvalue weighted by Gasteiger charge is 2.09. The second-order valence-electron chi connectivity index (χ2n) is 5.07. The summed E-state index contributed by atoms with van der Waals surface area (Å²) in [6, 6.07) is 16.6. The van der Waals surface area contributed by atoms with Crippen molar-refractivity contribution >= 4 is 22.8 Å². The average Bonchev–Trinajstić information content (AvgIpc) is 2.95. The number of aromatic amines is 1. The molecule has 3 N–H and O–H groups in total. The van der Waals surface area contributed by atoms with Gasteiger partial charge in [-0.05, 0) is 29.7 Å². The van der Waals surface area contributed by atoms with Crippen LogP contribution in [0.15, 0.2) is 53.7 Å². The van der Waals surface area contributed by atoms with Crippen LogP contribution in [0.4, 0.5) is 0 Å². The number of nitrogens with two attached hydrogens (primary N) is 1. The van der Waals surface area contributed by atoms with E-state index in [0.29, 0.717) is 0 Å². The first-order valence-corrected chi connectivity index (χ1v) is 8.17. The van der Waals surface area contributed by atoms with Crippen LogP contribution < -0.4 is 5.73 Å². The van der Waals surface area contributed by atoms with Crippen molar-refractivity contribution in [3.63, 3.8) is 0 Å². The molecule has 0 aliphatic rings. The lowest BCUT2D eigenvalue weighted by Gasteiger charge is -2.11. The van der Waals surface area contributed by atoms with E-state index in [1.807, 2.05) is 24.3 Å². The van der Waals surface area contributed by atoms with Gasteiger partial charge >= 0.3 is 0 Å². The normalized spacial score (nSPS) is 12.7. The number of para-hydroxylation sites is 2. The fourth-order valence-corrected chi connectivity index (χ4v) is 3.14. The van der Waals surface area contributed by atoms with Crippen LogP contribution in [0.2, 0.25) is 0 Å². The number of aromatic nitrogens is 2. The summed E-state index contributed by atoms with van der Waals surface area (Å²) in [4.78, 5) is 7.87. The molecule has 0 bridgehead atoms. The molecule has 3 rings (SSSR count). The van der Waals surface area contributed by atoms with E-state index in [-0.39, 0.29) is 6.04 Å². The van der Waals surface area contributed by atoms with Crippen molar-refractivity contribution in [1.82, 2.24) is 9.97 Å². The molecule has 0 fully saturated rings. The van der Waals surface area contributed by atoms with Gasteiger partial charge in [0.05, 0.1) is 11.0 Å². The predicted molar refractivity (Wildman–Crippen MR) is 89.6 cm³/mol. The van der Waals surface area contributed by atoms with Gasteiger partial charge in [0.25, 0.3) is 0 Å². The van der Waals surface area contributed by atoms with Crippen molar-refractivity contribution in [1.29, 1.82) is 0 Å². The molecule has 0 aliphatic heterocycles. The summed E-state index contributed by atoms with van der Waals surface area (Å²) < 4.78 is 0. The summed E-state index contributed by atoms with van der Waals surface area (Å²) in [5.41, 5.74) is 10.9. The molecule has 1 aromatic heterocycles. The van der Waals surface area contributed by atoms with Gasteiger partial charge in [-0.1, -0.05) is 55.1 Å². The van der Waals surface area contributed by atoms with E-state index >= 15 is 0 Å². The van der Waals surface area contributed by atoms with Crippen LogP contribution in [-0.2, 0) is 6.42 Å². The monoisotopic (exact) mass is 297 g/mol. The van der Waals surface area contributed by atoms with Crippen LogP contribution in [0, 0.1) is 0 Å². The first-order valence-electron chi connectivity index (χ1n) is 7.18. The quantitative estimate of drug-likeness (QED) is 0.702. The number of rotatable bonds is 5. The highest BCUT2D eigenvalue weighted by Crippen LogP contribution is 2.23. The number of aryl methyl sites for hydroxylation is 1. The third-order valence-electron chi connectivity index (χ3n) is 3.58. The molecule has 2 aromatic carbocycles. The van der Waals surface area contributed by atoms with E-state index in [9.17, 15) is 0 Å². The Morgan fingerprint density at radius 2 is 1.90 bits per heavy atom. The van der Waals surface area contributed by atoms with Crippen molar-refractivity contribution in [2.75, 3.05) is 5.75 Å². The summed E-state index contributed by atoms with van der Waals surface area (Å²) in [5, 5.41) is 0.928. The van der Waals surface area contributed by atoms with Crippen LogP contribution in [0.1, 0.15) is 24.1 Å². The molecule has 0 amide bonds. The molecule has 1 atom stereocenters. The third kappa shape index (κ3) is 3.28. The van der Waals surface area contributed by atoms with Crippen LogP contribution in [-0.4, -0.2) is 15.7 Å². The summed E-state index contributed by atoms with van der Waals surface area (Å²) in [5.74, 6) is 0.811. The maximum atomic E-state index is 6.27. The topological polar surface area (TPSA) is 54.7 Å². The van der Waals surface area contributed by atoms with Crippen molar-refractivity contribution in [2.45, 2.75) is 24.5 Å². The zero-order valence-corrected chi connectivity index (χ0v) is 12.9. The van der Waals surface area contributed by atoms with Crippen molar-refractivity contribution < 1.29 is 0 Å². The average molecular weight is 297 g/mol. The van der Waals surface area contributed by atoms with Gasteiger partial charge in [0.2, 0.25) is 0 Å². The lowest BCUT2D eigenvalue weighted by molar-refractivity contribution is 0.827. The van der Waals surface area contributed by atoms with Crippen LogP contribution in [0.3, 0.4) is 0 Å². The third-order valence-corrected chi connectivity index (χ3v) is 4.58. The SMILES string of the molecule is CCc1ccc(C(N)CSc2nc3ccccc3[nH]2)cc1. The molecule has 1 unspecified atom stereocenters. The maximum absolute atomic E-state index is 6.27. The van der Waals surface area contributed by atoms with E-state index < -0.39 is 0 Å². The molecule has 0 saturated heterocycles. The number of fused-ring (bicyclic) bond motifs is 1. The van der Waals surface area contributed by atoms with Crippen LogP contribution >= 0.6 is 11.8 Å². The zero-order chi connectivity index (χ0) is 14.7. The summed E-state index contributed by atoms with van der Waals surface area (Å²) >= 11 is 1.67. The Balaban J connectivity index is 1.65. The highest BCUT2D eigenvalue weighted by atomic mass is 32.2. The molecule has 0 radical (unpaired) electrons. The van der Waals surface area contributed by atoms with Gasteiger partial charge in [0.15, 0.2) is 5.16 Å². The first kappa shape index (κ1) is 14.2. The maximum Gasteiger partial charge on any atom is 0.166 e. The summed E-state index contributed by atoms with van der Waals surface area (Å²) in [6.45, 7) is 2.16. The Morgan fingerprint density at radius 3 is 2.62 bits per heavy atom. The molecule has 3 nitrogen and oxygen atoms in total. The first-order chi connectivity index (χ1) is 10.3. The van der Waals surface area contributed by atoms with Crippen molar-refractivity contribution in [3.8, 4) is 0 Å². The van der Waals surface area contributed by atoms with Crippen molar-refractivity contribution in [3.05, 3.63) is 59.7 Å². The Hall–Kier alpha value is -1.78. The Kier molecular flexibility index (Phi) is 4.27. The van der Waals surface area contributed by atoms with E-state index in [2.05, 4.69) is 41.2 Å². The number of benzene rings is 2. The minimum Gasteiger partial charge on any atom is -0.333 e. The van der Waals surface area contributed by atoms with E-state index in [0.717, 1.165) is 28.4 Å². The van der Waals surface area contributed by atoms with Crippen molar-refractivity contribution in [2.24, 2.45) is 5.73 Å². The lowest BCUT2D eigenvalue weighted by atomic mass is 10.1. The number of thioether (sulfide) groups is 1. The molecular weight excluding hydrogens is 278 g/mol. The molecule has 0 spiro atoms. The van der Waals surface area contributed by atoms with Gasteiger partial charge in [-0.2, -0.15) is 0 Å². The molecule has 108 valence electrons. The molecule has 3 aromatic rings. The minimum absolute atomic E-state index is 0.0223. The van der Waals surface area contributed by atoms with Crippen LogP contribution in [0.25, 0.3) is 11.0 Å². The molecule has 1 heterocycles. The fraction of sp³-hybridized carbons (Fsp3) is 0.235. The molecule has 21 heavy (non-hydrogen) atoms. The Morgan fingerprint density at radius 1 is 1.14 bits per heavy atom. The van der Waals surface area contributed by atoms with Gasteiger partial charge in [-0.25, -0.2) is 4.98 Å². The number of nitrogens with zero attached hydrogens (tertiary/aromatic N) is 1. The predicted octanol–water partition coefficient (Wildman–Crippen LogP) is 3.92. The summed E-state index contributed by atoms with van der Waals surface area (Å²) in [6.07, 6.45) is 1.06. The number of hydrogen-bond acceptors (Lipinski definition) is 3. The van der Waals surface area contributed by atoms with Gasteiger partial charge in [-0.3, -0.25) is 0 Å². The zero-order valence-electron chi connectivity index (χ0n) is 12.0. The molecular formula is C17H19N3S. The fourth-order valence-electron chi connectivity index (χ4n) is 2.26. The standard InChI is InChI=1S/C17H19N3S/c1-2-12-7-9-13(10-8-12)14(18)11-21-17-19-15-5-3-4-6-16(15)20-17/h3-10,14H,2,11,18H2,1H3,(H,19,20). The van der Waals surface area contributed by atoms with E-state index in [1.165, 1.54) is 11.1 Å². The van der Waals surface area contributed by atoms with E-state index in [1.54, 1.807) is 11.8 Å². The second kappa shape index (κ2) is 6.33. The number of nitrogens with one attached hydrogen (secondary N) is 1. The molecule has 0 saturated carbocycles. The smallest absolute Gasteiger partial charge is 0.166 e. The van der Waals surface area contributed by atoms with Gasteiger partial charge in [0, 0.05) is 11.8 Å². The van der Waals surface area contributed by atoms with Gasteiger partial charge in [-0.15, -0.1) is 0 Å². The Bertz CT molecular complexity index is 685. The molecule has 0 aliphatic carbocycles. The lowest BCUT2D eigenvalue weighted by Crippen LogP contribution is -2.13. The van der Waals surface area contributed by atoms with Gasteiger partial charge < -0.3 is 10.7 Å². The molecule has 4 heteroatoms. The van der Waals surface area contributed by atoms with Crippen LogP contribution in [0.5, 0.6) is 0 Å². The number of imidazole rings is 1. The Labute approximate surface area is 129 Å². The second-order valence-corrected chi connectivity index (χ2v) is 6.08. The number of H-pyrrole nitrogens is 1. The minimum atomic E-state index is 0.0223. The van der Waals surface area contributed by atoms with E-state index in [4.69, 9.17) is 5.73 Å². The number of hydrogen-bond donors (Lipinski definition) is 2. The summed E-state index contributed by atoms with van der Waals surface area (Å²) in [7, 11) is 0. The largest absolute Gasteiger partial charge is 0.333 e. The van der Waals surface area contributed by atoms with Gasteiger partial charge in [0.1, 0.15) is 0 Å². The highest BCUT2D eigenvalue weighted by molar-refractivity contribution is 7.99.